The number of carbonyl (C=O) groups is 1. The molecule has 0 amide bonds. The third-order valence-electron chi connectivity index (χ3n) is 3.96. The van der Waals surface area contributed by atoms with Gasteiger partial charge in [-0.15, -0.1) is 0 Å². The molecule has 0 spiro atoms. The average molecular weight is 277 g/mol. The van der Waals surface area contributed by atoms with Gasteiger partial charge < -0.3 is 14.7 Å². The summed E-state index contributed by atoms with van der Waals surface area (Å²) in [5.41, 5.74) is 1.36. The van der Waals surface area contributed by atoms with Gasteiger partial charge in [-0.3, -0.25) is 4.79 Å². The highest BCUT2D eigenvalue weighted by Crippen LogP contribution is 2.28. The number of piperidine rings is 1. The van der Waals surface area contributed by atoms with Crippen molar-refractivity contribution in [1.82, 2.24) is 4.90 Å². The molecule has 2 rings (SSSR count). The fourth-order valence-electron chi connectivity index (χ4n) is 2.86. The number of carboxylic acid groups (broad SMARTS) is 1. The molecule has 20 heavy (non-hydrogen) atoms. The summed E-state index contributed by atoms with van der Waals surface area (Å²) in [6, 6.07) is 8.31. The van der Waals surface area contributed by atoms with E-state index < -0.39 is 5.97 Å². The number of ether oxygens (including phenoxy) is 1. The van der Waals surface area contributed by atoms with E-state index >= 15 is 0 Å². The van der Waals surface area contributed by atoms with Crippen molar-refractivity contribution in [3.05, 3.63) is 29.8 Å². The van der Waals surface area contributed by atoms with Gasteiger partial charge in [-0.1, -0.05) is 12.1 Å². The minimum atomic E-state index is -0.700. The number of rotatable bonds is 6. The van der Waals surface area contributed by atoms with E-state index in [1.807, 2.05) is 12.1 Å². The molecule has 1 saturated heterocycles. The van der Waals surface area contributed by atoms with Crippen LogP contribution >= 0.6 is 0 Å². The molecule has 4 heteroatoms. The molecule has 1 heterocycles. The molecule has 1 fully saturated rings. The smallest absolute Gasteiger partial charge is 0.303 e. The van der Waals surface area contributed by atoms with Crippen molar-refractivity contribution in [2.45, 2.75) is 31.6 Å². The second kappa shape index (κ2) is 7.29. The molecule has 1 aliphatic rings. The lowest BCUT2D eigenvalue weighted by molar-refractivity contribution is -0.137. The van der Waals surface area contributed by atoms with Crippen LogP contribution in [0.25, 0.3) is 0 Å². The largest absolute Gasteiger partial charge is 0.497 e. The van der Waals surface area contributed by atoms with E-state index in [-0.39, 0.29) is 6.42 Å². The Balaban J connectivity index is 1.87. The summed E-state index contributed by atoms with van der Waals surface area (Å²) in [5, 5.41) is 8.69. The Morgan fingerprint density at radius 1 is 1.40 bits per heavy atom. The monoisotopic (exact) mass is 277 g/mol. The maximum atomic E-state index is 10.6. The van der Waals surface area contributed by atoms with Crippen molar-refractivity contribution in [2.75, 3.05) is 26.7 Å². The van der Waals surface area contributed by atoms with Crippen LogP contribution in [0.5, 0.6) is 5.75 Å². The second-order valence-electron chi connectivity index (χ2n) is 5.41. The number of methoxy groups -OCH3 is 1. The van der Waals surface area contributed by atoms with Gasteiger partial charge in [0.2, 0.25) is 0 Å². The molecule has 0 aromatic heterocycles. The molecule has 0 bridgehead atoms. The number of likely N-dealkylation sites (tertiary alicyclic amines) is 1. The van der Waals surface area contributed by atoms with Crippen LogP contribution in [-0.4, -0.2) is 42.7 Å². The summed E-state index contributed by atoms with van der Waals surface area (Å²) in [6.07, 6.45) is 3.40. The van der Waals surface area contributed by atoms with Crippen molar-refractivity contribution in [1.29, 1.82) is 0 Å². The Labute approximate surface area is 120 Å². The van der Waals surface area contributed by atoms with Gasteiger partial charge in [0, 0.05) is 13.0 Å². The molecule has 1 N–H and O–H groups in total. The Hall–Kier alpha value is -1.55. The van der Waals surface area contributed by atoms with E-state index in [2.05, 4.69) is 17.0 Å². The third kappa shape index (κ3) is 4.23. The molecule has 110 valence electrons. The highest BCUT2D eigenvalue weighted by Gasteiger charge is 2.21. The van der Waals surface area contributed by atoms with Gasteiger partial charge in [0.05, 0.1) is 7.11 Å². The summed E-state index contributed by atoms with van der Waals surface area (Å²) in [4.78, 5) is 12.9. The lowest BCUT2D eigenvalue weighted by atomic mass is 9.90. The van der Waals surface area contributed by atoms with Crippen LogP contribution in [0.1, 0.15) is 37.2 Å². The molecule has 1 aliphatic heterocycles. The van der Waals surface area contributed by atoms with Crippen LogP contribution in [0.15, 0.2) is 24.3 Å². The Bertz CT molecular complexity index is 430. The molecule has 0 saturated carbocycles. The van der Waals surface area contributed by atoms with Crippen molar-refractivity contribution in [3.63, 3.8) is 0 Å². The second-order valence-corrected chi connectivity index (χ2v) is 5.41. The highest BCUT2D eigenvalue weighted by molar-refractivity contribution is 5.66. The van der Waals surface area contributed by atoms with Crippen molar-refractivity contribution in [2.24, 2.45) is 0 Å². The van der Waals surface area contributed by atoms with Gasteiger partial charge in [0.15, 0.2) is 0 Å². The predicted molar refractivity (Wildman–Crippen MR) is 78.3 cm³/mol. The molecule has 4 nitrogen and oxygen atoms in total. The van der Waals surface area contributed by atoms with Gasteiger partial charge in [0.1, 0.15) is 5.75 Å². The van der Waals surface area contributed by atoms with E-state index in [1.54, 1.807) is 7.11 Å². The summed E-state index contributed by atoms with van der Waals surface area (Å²) < 4.78 is 5.19. The van der Waals surface area contributed by atoms with Crippen molar-refractivity contribution in [3.8, 4) is 5.75 Å². The van der Waals surface area contributed by atoms with E-state index in [0.717, 1.165) is 31.8 Å². The van der Waals surface area contributed by atoms with Crippen LogP contribution in [0.4, 0.5) is 0 Å². The van der Waals surface area contributed by atoms with Gasteiger partial charge in [0.25, 0.3) is 0 Å². The van der Waals surface area contributed by atoms with Crippen molar-refractivity contribution >= 4 is 5.97 Å². The highest BCUT2D eigenvalue weighted by atomic mass is 16.5. The zero-order chi connectivity index (χ0) is 14.4. The maximum absolute atomic E-state index is 10.6. The minimum absolute atomic E-state index is 0.268. The molecular formula is C16H23NO3. The van der Waals surface area contributed by atoms with Gasteiger partial charge in [-0.2, -0.15) is 0 Å². The zero-order valence-electron chi connectivity index (χ0n) is 12.0. The SMILES string of the molecule is COc1ccc(C2CCCN(CCCC(=O)O)C2)cc1. The van der Waals surface area contributed by atoms with E-state index in [4.69, 9.17) is 9.84 Å². The summed E-state index contributed by atoms with van der Waals surface area (Å²) in [6.45, 7) is 3.01. The molecule has 1 atom stereocenters. The number of benzene rings is 1. The Morgan fingerprint density at radius 2 is 2.15 bits per heavy atom. The van der Waals surface area contributed by atoms with Gasteiger partial charge in [-0.25, -0.2) is 0 Å². The van der Waals surface area contributed by atoms with Gasteiger partial charge in [-0.05, 0) is 56.0 Å². The lowest BCUT2D eigenvalue weighted by Gasteiger charge is -2.33. The van der Waals surface area contributed by atoms with E-state index in [1.165, 1.54) is 18.4 Å². The van der Waals surface area contributed by atoms with Gasteiger partial charge >= 0.3 is 5.97 Å². The summed E-state index contributed by atoms with van der Waals surface area (Å²) in [7, 11) is 1.68. The minimum Gasteiger partial charge on any atom is -0.497 e. The van der Waals surface area contributed by atoms with E-state index in [9.17, 15) is 4.79 Å². The topological polar surface area (TPSA) is 49.8 Å². The number of hydrogen-bond donors (Lipinski definition) is 1. The number of nitrogens with zero attached hydrogens (tertiary/aromatic N) is 1. The molecule has 0 radical (unpaired) electrons. The first-order valence-electron chi connectivity index (χ1n) is 7.27. The van der Waals surface area contributed by atoms with Crippen LogP contribution in [-0.2, 0) is 4.79 Å². The lowest BCUT2D eigenvalue weighted by Crippen LogP contribution is -2.35. The average Bonchev–Trinajstić information content (AvgIpc) is 2.47. The summed E-state index contributed by atoms with van der Waals surface area (Å²) >= 11 is 0. The zero-order valence-corrected chi connectivity index (χ0v) is 12.0. The first kappa shape index (κ1) is 14.9. The fraction of sp³-hybridized carbons (Fsp3) is 0.562. The van der Waals surface area contributed by atoms with Crippen LogP contribution in [0.2, 0.25) is 0 Å². The molecule has 1 aromatic rings. The molecule has 0 aliphatic carbocycles. The standard InChI is InChI=1S/C16H23NO3/c1-20-15-8-6-13(7-9-15)14-4-2-10-17(12-14)11-3-5-16(18)19/h6-9,14H,2-5,10-12H2,1H3,(H,18,19). The van der Waals surface area contributed by atoms with Crippen LogP contribution in [0, 0.1) is 0 Å². The van der Waals surface area contributed by atoms with E-state index in [0.29, 0.717) is 5.92 Å². The van der Waals surface area contributed by atoms with Crippen LogP contribution < -0.4 is 4.74 Å². The van der Waals surface area contributed by atoms with Crippen LogP contribution in [0.3, 0.4) is 0 Å². The Kier molecular flexibility index (Phi) is 5.41. The molecule has 1 unspecified atom stereocenters. The normalized spacial score (nSPS) is 19.8. The number of aliphatic carboxylic acids is 1. The fourth-order valence-corrected chi connectivity index (χ4v) is 2.86. The molecular weight excluding hydrogens is 254 g/mol. The molecule has 1 aromatic carbocycles. The first-order valence-corrected chi connectivity index (χ1v) is 7.27. The summed E-state index contributed by atoms with van der Waals surface area (Å²) in [5.74, 6) is 0.746. The first-order chi connectivity index (χ1) is 9.69. The number of carboxylic acids is 1. The predicted octanol–water partition coefficient (Wildman–Crippen LogP) is 2.74. The Morgan fingerprint density at radius 3 is 2.80 bits per heavy atom. The van der Waals surface area contributed by atoms with Crippen molar-refractivity contribution < 1.29 is 14.6 Å². The maximum Gasteiger partial charge on any atom is 0.303 e. The third-order valence-corrected chi connectivity index (χ3v) is 3.96. The number of hydrogen-bond acceptors (Lipinski definition) is 3. The quantitative estimate of drug-likeness (QED) is 0.868.